The molecule has 5 rings (SSSR count). The van der Waals surface area contributed by atoms with Crippen molar-refractivity contribution < 1.29 is 9.59 Å². The molecule has 0 bridgehead atoms. The average molecular weight is 402 g/mol. The second kappa shape index (κ2) is 7.75. The van der Waals surface area contributed by atoms with Crippen LogP contribution in [0.5, 0.6) is 0 Å². The molecule has 5 heteroatoms. The molecule has 3 fully saturated rings. The maximum Gasteiger partial charge on any atom is 0.315 e. The van der Waals surface area contributed by atoms with Gasteiger partial charge in [-0.2, -0.15) is 0 Å². The van der Waals surface area contributed by atoms with Gasteiger partial charge in [-0.05, 0) is 62.3 Å². The van der Waals surface area contributed by atoms with Crippen LogP contribution < -0.4 is 0 Å². The van der Waals surface area contributed by atoms with Gasteiger partial charge >= 0.3 is 6.03 Å². The predicted molar refractivity (Wildman–Crippen MR) is 120 cm³/mol. The van der Waals surface area contributed by atoms with Crippen LogP contribution >= 0.6 is 0 Å². The number of carbonyl (C=O) groups excluding carboxylic acids is 2. The number of hydrogen-bond acceptors (Lipinski definition) is 2. The van der Waals surface area contributed by atoms with E-state index in [1.165, 1.54) is 30.4 Å². The summed E-state index contributed by atoms with van der Waals surface area (Å²) in [7, 11) is 0. The summed E-state index contributed by atoms with van der Waals surface area (Å²) in [5, 5.41) is 0. The molecule has 4 nitrogen and oxygen atoms in total. The number of urea groups is 1. The highest BCUT2D eigenvalue weighted by Crippen LogP contribution is 2.52. The van der Waals surface area contributed by atoms with E-state index in [1.54, 1.807) is 4.81 Å². The Morgan fingerprint density at radius 3 is 2.50 bits per heavy atom. The summed E-state index contributed by atoms with van der Waals surface area (Å²) in [5.74, 6) is 1.02. The Morgan fingerprint density at radius 1 is 1.10 bits per heavy atom. The SMILES string of the molecule is CB(Cc1ccccc1)N1C(=O)N(CC2CCC2)C2(CC(C3=CCCC=C3)C2)C1=O. The van der Waals surface area contributed by atoms with Crippen molar-refractivity contribution in [1.29, 1.82) is 0 Å². The molecule has 0 aromatic heterocycles. The molecule has 3 aliphatic carbocycles. The van der Waals surface area contributed by atoms with Gasteiger partial charge < -0.3 is 9.71 Å². The first kappa shape index (κ1) is 19.7. The van der Waals surface area contributed by atoms with Crippen LogP contribution in [-0.4, -0.2) is 40.6 Å². The number of hydrogen-bond donors (Lipinski definition) is 0. The number of amides is 3. The first-order valence-electron chi connectivity index (χ1n) is 11.6. The van der Waals surface area contributed by atoms with Crippen molar-refractivity contribution in [3.8, 4) is 0 Å². The van der Waals surface area contributed by atoms with Gasteiger partial charge in [0.25, 0.3) is 6.85 Å². The number of carbonyl (C=O) groups is 2. The van der Waals surface area contributed by atoms with Crippen molar-refractivity contribution in [1.82, 2.24) is 9.71 Å². The van der Waals surface area contributed by atoms with E-state index in [9.17, 15) is 9.59 Å². The van der Waals surface area contributed by atoms with E-state index in [0.29, 0.717) is 18.2 Å². The Bertz CT molecular complexity index is 884. The minimum Gasteiger partial charge on any atom is -0.310 e. The fourth-order valence-electron chi connectivity index (χ4n) is 5.68. The summed E-state index contributed by atoms with van der Waals surface area (Å²) in [6.07, 6.45) is 14.9. The van der Waals surface area contributed by atoms with E-state index >= 15 is 0 Å². The Balaban J connectivity index is 1.37. The van der Waals surface area contributed by atoms with E-state index in [1.807, 2.05) is 29.9 Å². The van der Waals surface area contributed by atoms with E-state index in [4.69, 9.17) is 0 Å². The van der Waals surface area contributed by atoms with Gasteiger partial charge in [0.2, 0.25) is 5.91 Å². The lowest BCUT2D eigenvalue weighted by Gasteiger charge is -2.50. The molecule has 0 N–H and O–H groups in total. The Kier molecular flexibility index (Phi) is 5.08. The number of rotatable bonds is 6. The van der Waals surface area contributed by atoms with Gasteiger partial charge in [-0.15, -0.1) is 0 Å². The normalized spacial score (nSPS) is 28.6. The van der Waals surface area contributed by atoms with Crippen LogP contribution in [0.3, 0.4) is 0 Å². The second-order valence-corrected chi connectivity index (χ2v) is 9.72. The third-order valence-corrected chi connectivity index (χ3v) is 7.71. The smallest absolute Gasteiger partial charge is 0.310 e. The molecule has 1 aromatic carbocycles. The topological polar surface area (TPSA) is 40.6 Å². The number of imide groups is 1. The molecule has 3 amide bonds. The molecule has 1 spiro atoms. The van der Waals surface area contributed by atoms with Crippen LogP contribution in [0.15, 0.2) is 54.1 Å². The van der Waals surface area contributed by atoms with Crippen LogP contribution in [0.25, 0.3) is 0 Å². The van der Waals surface area contributed by atoms with Gasteiger partial charge in [-0.1, -0.05) is 67.4 Å². The standard InChI is InChI=1S/C25H31BN2O2/c1-26(17-19-9-4-2-5-10-19)28-23(29)25(27(24(28)30)18-20-11-8-12-20)15-22(16-25)21-13-6-3-7-14-21/h2,4-6,9-10,13-14,20,22H,3,7-8,11-12,15-18H2,1H3. The number of nitrogens with zero attached hydrogens (tertiary/aromatic N) is 2. The third-order valence-electron chi connectivity index (χ3n) is 7.71. The molecular weight excluding hydrogens is 371 g/mol. The zero-order valence-electron chi connectivity index (χ0n) is 17.9. The summed E-state index contributed by atoms with van der Waals surface area (Å²) in [4.78, 5) is 30.8. The van der Waals surface area contributed by atoms with Crippen LogP contribution in [0, 0.1) is 11.8 Å². The molecule has 30 heavy (non-hydrogen) atoms. The average Bonchev–Trinajstić information content (AvgIpc) is 2.91. The minimum absolute atomic E-state index is 0.0480. The zero-order valence-corrected chi connectivity index (χ0v) is 17.9. The molecule has 1 saturated heterocycles. The number of benzene rings is 1. The molecule has 156 valence electrons. The Hall–Kier alpha value is -2.30. The molecular formula is C25H31BN2O2. The molecule has 1 heterocycles. The lowest BCUT2D eigenvalue weighted by molar-refractivity contribution is -0.137. The Labute approximate surface area is 180 Å². The maximum absolute atomic E-state index is 13.7. The maximum atomic E-state index is 13.7. The van der Waals surface area contributed by atoms with Crippen molar-refractivity contribution in [3.05, 3.63) is 59.7 Å². The van der Waals surface area contributed by atoms with E-state index in [2.05, 4.69) is 30.4 Å². The van der Waals surface area contributed by atoms with Crippen molar-refractivity contribution >= 4 is 18.8 Å². The van der Waals surface area contributed by atoms with Gasteiger partial charge in [0.1, 0.15) is 5.54 Å². The zero-order chi connectivity index (χ0) is 20.7. The summed E-state index contributed by atoms with van der Waals surface area (Å²) in [5.41, 5.74) is 1.93. The lowest BCUT2D eigenvalue weighted by atomic mass is 9.57. The lowest BCUT2D eigenvalue weighted by Crippen LogP contribution is -2.60. The summed E-state index contributed by atoms with van der Waals surface area (Å²) < 4.78 is 0. The largest absolute Gasteiger partial charge is 0.315 e. The van der Waals surface area contributed by atoms with Crippen LogP contribution in [-0.2, 0) is 11.1 Å². The highest BCUT2D eigenvalue weighted by molar-refractivity contribution is 6.61. The molecule has 4 aliphatic rings. The first-order chi connectivity index (χ1) is 14.6. The molecule has 1 aliphatic heterocycles. The van der Waals surface area contributed by atoms with Gasteiger partial charge in [-0.25, -0.2) is 4.79 Å². The van der Waals surface area contributed by atoms with Gasteiger partial charge in [-0.3, -0.25) is 4.79 Å². The molecule has 0 atom stereocenters. The molecule has 0 unspecified atom stereocenters. The highest BCUT2D eigenvalue weighted by atomic mass is 16.2. The number of allylic oxidation sites excluding steroid dienone is 4. The first-order valence-corrected chi connectivity index (χ1v) is 11.6. The van der Waals surface area contributed by atoms with Gasteiger partial charge in [0.15, 0.2) is 0 Å². The fourth-order valence-corrected chi connectivity index (χ4v) is 5.68. The minimum atomic E-state index is -0.603. The molecule has 1 aromatic rings. The van der Waals surface area contributed by atoms with Crippen LogP contribution in [0.4, 0.5) is 4.79 Å². The van der Waals surface area contributed by atoms with Crippen molar-refractivity contribution in [2.75, 3.05) is 6.54 Å². The molecule has 0 radical (unpaired) electrons. The van der Waals surface area contributed by atoms with Crippen LogP contribution in [0.2, 0.25) is 6.82 Å². The third kappa shape index (κ3) is 3.23. The van der Waals surface area contributed by atoms with E-state index in [0.717, 1.165) is 32.2 Å². The fraction of sp³-hybridized carbons (Fsp3) is 0.520. The van der Waals surface area contributed by atoms with Crippen molar-refractivity contribution in [2.45, 2.75) is 63.6 Å². The van der Waals surface area contributed by atoms with E-state index < -0.39 is 5.54 Å². The predicted octanol–water partition coefficient (Wildman–Crippen LogP) is 4.88. The Morgan fingerprint density at radius 2 is 1.87 bits per heavy atom. The summed E-state index contributed by atoms with van der Waals surface area (Å²) in [6.45, 7) is 2.65. The molecule has 2 saturated carbocycles. The monoisotopic (exact) mass is 402 g/mol. The summed E-state index contributed by atoms with van der Waals surface area (Å²) >= 11 is 0. The van der Waals surface area contributed by atoms with Gasteiger partial charge in [0, 0.05) is 6.54 Å². The second-order valence-electron chi connectivity index (χ2n) is 9.72. The quantitative estimate of drug-likeness (QED) is 0.503. The van der Waals surface area contributed by atoms with Crippen molar-refractivity contribution in [2.24, 2.45) is 11.8 Å². The summed E-state index contributed by atoms with van der Waals surface area (Å²) in [6, 6.07) is 10.1. The van der Waals surface area contributed by atoms with E-state index in [-0.39, 0.29) is 18.8 Å². The van der Waals surface area contributed by atoms with Crippen molar-refractivity contribution in [3.63, 3.8) is 0 Å². The van der Waals surface area contributed by atoms with Gasteiger partial charge in [0.05, 0.1) is 0 Å². The highest BCUT2D eigenvalue weighted by Gasteiger charge is 2.64. The van der Waals surface area contributed by atoms with Crippen LogP contribution in [0.1, 0.15) is 50.5 Å².